The molecule has 9 nitrogen and oxygen atoms in total. The molecular formula is C19H20N4O5S3. The van der Waals surface area contributed by atoms with Crippen molar-refractivity contribution in [3.63, 3.8) is 0 Å². The highest BCUT2D eigenvalue weighted by molar-refractivity contribution is 8.01. The van der Waals surface area contributed by atoms with Crippen molar-refractivity contribution in [2.75, 3.05) is 21.1 Å². The van der Waals surface area contributed by atoms with Crippen LogP contribution in [0.5, 0.6) is 0 Å². The molecular weight excluding hydrogens is 460 g/mol. The summed E-state index contributed by atoms with van der Waals surface area (Å²) in [5, 5.41) is 10.1. The van der Waals surface area contributed by atoms with E-state index in [4.69, 9.17) is 4.52 Å². The molecule has 0 saturated heterocycles. The predicted octanol–water partition coefficient (Wildman–Crippen LogP) is 3.54. The molecule has 1 aromatic carbocycles. The van der Waals surface area contributed by atoms with Crippen molar-refractivity contribution in [2.24, 2.45) is 0 Å². The Morgan fingerprint density at radius 2 is 1.90 bits per heavy atom. The number of carbonyl (C=O) groups excluding carboxylic acids is 2. The third-order valence-corrected chi connectivity index (χ3v) is 7.82. The SMILES string of the molecule is Cc1cc(NC(=O)C(C)SCC(=O)Nc2ccccc2NS(=O)(=O)c2cccs2)no1. The molecule has 2 aromatic heterocycles. The van der Waals surface area contributed by atoms with Crippen molar-refractivity contribution in [3.8, 4) is 0 Å². The summed E-state index contributed by atoms with van der Waals surface area (Å²) in [6.45, 7) is 3.38. The van der Waals surface area contributed by atoms with Gasteiger partial charge in [-0.05, 0) is 37.4 Å². The van der Waals surface area contributed by atoms with E-state index in [1.165, 1.54) is 6.07 Å². The van der Waals surface area contributed by atoms with Gasteiger partial charge in [0.05, 0.1) is 22.4 Å². The van der Waals surface area contributed by atoms with Crippen LogP contribution in [0.2, 0.25) is 0 Å². The van der Waals surface area contributed by atoms with E-state index < -0.39 is 15.3 Å². The van der Waals surface area contributed by atoms with E-state index in [0.717, 1.165) is 23.1 Å². The molecule has 31 heavy (non-hydrogen) atoms. The van der Waals surface area contributed by atoms with Crippen LogP contribution in [0.4, 0.5) is 17.2 Å². The van der Waals surface area contributed by atoms with Crippen LogP contribution in [-0.4, -0.2) is 36.4 Å². The maximum absolute atomic E-state index is 12.5. The highest BCUT2D eigenvalue weighted by atomic mass is 32.2. The number of thiophene rings is 1. The summed E-state index contributed by atoms with van der Waals surface area (Å²) < 4.78 is 32.5. The lowest BCUT2D eigenvalue weighted by atomic mass is 10.3. The zero-order chi connectivity index (χ0) is 22.4. The number of sulfonamides is 1. The van der Waals surface area contributed by atoms with Gasteiger partial charge in [-0.2, -0.15) is 0 Å². The quantitative estimate of drug-likeness (QED) is 0.427. The second kappa shape index (κ2) is 9.98. The minimum atomic E-state index is -3.75. The molecule has 12 heteroatoms. The van der Waals surface area contributed by atoms with Crippen molar-refractivity contribution >= 4 is 62.1 Å². The van der Waals surface area contributed by atoms with E-state index >= 15 is 0 Å². The van der Waals surface area contributed by atoms with Crippen molar-refractivity contribution in [1.29, 1.82) is 0 Å². The third kappa shape index (κ3) is 6.32. The first-order chi connectivity index (χ1) is 14.7. The number of para-hydroxylation sites is 2. The molecule has 3 aromatic rings. The number of rotatable bonds is 9. The molecule has 3 N–H and O–H groups in total. The number of hydrogen-bond acceptors (Lipinski definition) is 8. The Labute approximate surface area is 187 Å². The summed E-state index contributed by atoms with van der Waals surface area (Å²) in [7, 11) is -3.75. The number of aryl methyl sites for hydroxylation is 1. The van der Waals surface area contributed by atoms with Crippen LogP contribution in [0.15, 0.2) is 56.6 Å². The van der Waals surface area contributed by atoms with Gasteiger partial charge >= 0.3 is 0 Å². The highest BCUT2D eigenvalue weighted by Gasteiger charge is 2.19. The molecule has 0 fully saturated rings. The first kappa shape index (κ1) is 22.8. The predicted molar refractivity (Wildman–Crippen MR) is 122 cm³/mol. The Kier molecular flexibility index (Phi) is 7.36. The van der Waals surface area contributed by atoms with E-state index in [9.17, 15) is 18.0 Å². The van der Waals surface area contributed by atoms with E-state index in [0.29, 0.717) is 17.3 Å². The van der Waals surface area contributed by atoms with Gasteiger partial charge in [-0.15, -0.1) is 23.1 Å². The summed E-state index contributed by atoms with van der Waals surface area (Å²) in [5.74, 6) is 0.202. The van der Waals surface area contributed by atoms with Gasteiger partial charge in [-0.3, -0.25) is 14.3 Å². The normalized spacial score (nSPS) is 12.2. The molecule has 2 amide bonds. The zero-order valence-corrected chi connectivity index (χ0v) is 19.1. The summed E-state index contributed by atoms with van der Waals surface area (Å²) in [5.41, 5.74) is 0.574. The number of amides is 2. The molecule has 0 aliphatic carbocycles. The number of thioether (sulfide) groups is 1. The summed E-state index contributed by atoms with van der Waals surface area (Å²) in [6, 6.07) is 11.2. The maximum Gasteiger partial charge on any atom is 0.271 e. The maximum atomic E-state index is 12.5. The Bertz CT molecular complexity index is 1160. The van der Waals surface area contributed by atoms with E-state index in [1.807, 2.05) is 0 Å². The van der Waals surface area contributed by atoms with Crippen molar-refractivity contribution < 1.29 is 22.5 Å². The number of hydrogen-bond donors (Lipinski definition) is 3. The Balaban J connectivity index is 1.56. The lowest BCUT2D eigenvalue weighted by Gasteiger charge is -2.14. The van der Waals surface area contributed by atoms with Crippen LogP contribution in [0.25, 0.3) is 0 Å². The van der Waals surface area contributed by atoms with Crippen molar-refractivity contribution in [1.82, 2.24) is 5.16 Å². The molecule has 0 saturated carbocycles. The van der Waals surface area contributed by atoms with Gasteiger partial charge in [0.25, 0.3) is 10.0 Å². The fraction of sp³-hybridized carbons (Fsp3) is 0.211. The van der Waals surface area contributed by atoms with Crippen LogP contribution < -0.4 is 15.4 Å². The molecule has 0 aliphatic heterocycles. The van der Waals surface area contributed by atoms with Gasteiger partial charge in [0.15, 0.2) is 5.82 Å². The Hall–Kier alpha value is -2.83. The first-order valence-corrected chi connectivity index (χ1v) is 12.5. The third-order valence-electron chi connectivity index (χ3n) is 3.92. The summed E-state index contributed by atoms with van der Waals surface area (Å²) >= 11 is 2.23. The van der Waals surface area contributed by atoms with Gasteiger partial charge in [0, 0.05) is 6.07 Å². The summed E-state index contributed by atoms with van der Waals surface area (Å²) in [4.78, 5) is 24.6. The lowest BCUT2D eigenvalue weighted by Crippen LogP contribution is -2.25. The number of nitrogens with one attached hydrogen (secondary N) is 3. The number of aromatic nitrogens is 1. The second-order valence-electron chi connectivity index (χ2n) is 6.40. The Morgan fingerprint density at radius 1 is 1.16 bits per heavy atom. The van der Waals surface area contributed by atoms with E-state index in [2.05, 4.69) is 20.5 Å². The molecule has 0 bridgehead atoms. The zero-order valence-electron chi connectivity index (χ0n) is 16.6. The largest absolute Gasteiger partial charge is 0.360 e. The number of anilines is 3. The average Bonchev–Trinajstić information content (AvgIpc) is 3.40. The first-order valence-electron chi connectivity index (χ1n) is 9.05. The molecule has 1 atom stereocenters. The number of nitrogens with zero attached hydrogens (tertiary/aromatic N) is 1. The molecule has 1 unspecified atom stereocenters. The van der Waals surface area contributed by atoms with Crippen LogP contribution in [0, 0.1) is 6.92 Å². The lowest BCUT2D eigenvalue weighted by molar-refractivity contribution is -0.115. The molecule has 2 heterocycles. The number of carbonyl (C=O) groups is 2. The molecule has 164 valence electrons. The van der Waals surface area contributed by atoms with Crippen LogP contribution in [-0.2, 0) is 19.6 Å². The fourth-order valence-electron chi connectivity index (χ4n) is 2.41. The van der Waals surface area contributed by atoms with E-state index in [1.54, 1.807) is 55.6 Å². The topological polar surface area (TPSA) is 130 Å². The highest BCUT2D eigenvalue weighted by Crippen LogP contribution is 2.26. The van der Waals surface area contributed by atoms with E-state index in [-0.39, 0.29) is 27.5 Å². The van der Waals surface area contributed by atoms with Gasteiger partial charge in [0.1, 0.15) is 9.97 Å². The average molecular weight is 481 g/mol. The molecule has 0 aliphatic rings. The monoisotopic (exact) mass is 480 g/mol. The standard InChI is InChI=1S/C19H20N4O5S3/c1-12-10-16(22-28-12)21-19(25)13(2)30-11-17(24)20-14-6-3-4-7-15(14)23-31(26,27)18-8-5-9-29-18/h3-10,13,23H,11H2,1-2H3,(H,20,24)(H,21,22,25). The number of benzene rings is 1. The van der Waals surface area contributed by atoms with Crippen LogP contribution in [0.1, 0.15) is 12.7 Å². The van der Waals surface area contributed by atoms with Crippen LogP contribution in [0.3, 0.4) is 0 Å². The van der Waals surface area contributed by atoms with Crippen LogP contribution >= 0.6 is 23.1 Å². The van der Waals surface area contributed by atoms with Crippen molar-refractivity contribution in [3.05, 3.63) is 53.6 Å². The Morgan fingerprint density at radius 3 is 2.55 bits per heavy atom. The van der Waals surface area contributed by atoms with Crippen molar-refractivity contribution in [2.45, 2.75) is 23.3 Å². The minimum Gasteiger partial charge on any atom is -0.360 e. The second-order valence-corrected chi connectivity index (χ2v) is 10.6. The minimum absolute atomic E-state index is 0.00155. The van der Waals surface area contributed by atoms with Gasteiger partial charge in [0.2, 0.25) is 11.8 Å². The molecule has 3 rings (SSSR count). The van der Waals surface area contributed by atoms with Gasteiger partial charge in [-0.1, -0.05) is 23.4 Å². The molecule has 0 radical (unpaired) electrons. The fourth-order valence-corrected chi connectivity index (χ4v) is 5.16. The molecule has 0 spiro atoms. The van der Waals surface area contributed by atoms with Gasteiger partial charge < -0.3 is 15.2 Å². The summed E-state index contributed by atoms with van der Waals surface area (Å²) in [6.07, 6.45) is 0. The smallest absolute Gasteiger partial charge is 0.271 e. The van der Waals surface area contributed by atoms with Gasteiger partial charge in [-0.25, -0.2) is 8.42 Å².